The first-order chi connectivity index (χ1) is 12.0. The standard InChI is InChI=1S/C19H29N3O4/c1-13(23)21-11-16-8-15(9-17(10-16)12-22-14(2)24)6-7-20-18(25)26-19(3,4)5/h8-10H,6-7,11-12H2,1-5H3,(H,20,25)(H,21,23)(H,22,24). The minimum atomic E-state index is -0.534. The molecule has 0 unspecified atom stereocenters. The molecule has 0 aromatic heterocycles. The van der Waals surface area contributed by atoms with E-state index in [0.29, 0.717) is 26.1 Å². The number of benzene rings is 1. The second kappa shape index (κ2) is 9.79. The second-order valence-corrected chi connectivity index (χ2v) is 7.16. The first kappa shape index (κ1) is 21.5. The molecule has 144 valence electrons. The van der Waals surface area contributed by atoms with Crippen molar-refractivity contribution < 1.29 is 19.1 Å². The van der Waals surface area contributed by atoms with Crippen LogP contribution in [0.1, 0.15) is 51.3 Å². The Morgan fingerprint density at radius 1 is 0.846 bits per heavy atom. The molecule has 0 spiro atoms. The van der Waals surface area contributed by atoms with Crippen LogP contribution in [0.15, 0.2) is 18.2 Å². The van der Waals surface area contributed by atoms with E-state index in [1.54, 1.807) is 0 Å². The van der Waals surface area contributed by atoms with Gasteiger partial charge in [-0.2, -0.15) is 0 Å². The monoisotopic (exact) mass is 363 g/mol. The molecule has 0 radical (unpaired) electrons. The first-order valence-corrected chi connectivity index (χ1v) is 8.62. The Morgan fingerprint density at radius 2 is 1.31 bits per heavy atom. The van der Waals surface area contributed by atoms with Crippen LogP contribution in [0.2, 0.25) is 0 Å². The number of carbonyl (C=O) groups is 3. The topological polar surface area (TPSA) is 96.5 Å². The van der Waals surface area contributed by atoms with Crippen molar-refractivity contribution in [1.29, 1.82) is 0 Å². The molecule has 0 atom stereocenters. The third-order valence-electron chi connectivity index (χ3n) is 3.28. The fourth-order valence-corrected chi connectivity index (χ4v) is 2.26. The quantitative estimate of drug-likeness (QED) is 0.690. The van der Waals surface area contributed by atoms with E-state index in [4.69, 9.17) is 4.74 Å². The van der Waals surface area contributed by atoms with Gasteiger partial charge in [-0.05, 0) is 43.9 Å². The number of hydrogen-bond acceptors (Lipinski definition) is 4. The Labute approximate surface area is 154 Å². The number of hydrogen-bond donors (Lipinski definition) is 3. The summed E-state index contributed by atoms with van der Waals surface area (Å²) in [6, 6.07) is 5.89. The van der Waals surface area contributed by atoms with E-state index < -0.39 is 11.7 Å². The third kappa shape index (κ3) is 9.66. The number of amides is 3. The van der Waals surface area contributed by atoms with Gasteiger partial charge in [0, 0.05) is 33.5 Å². The van der Waals surface area contributed by atoms with Crippen molar-refractivity contribution in [3.05, 3.63) is 34.9 Å². The first-order valence-electron chi connectivity index (χ1n) is 8.62. The molecule has 7 heteroatoms. The van der Waals surface area contributed by atoms with Crippen molar-refractivity contribution in [2.75, 3.05) is 6.54 Å². The summed E-state index contributed by atoms with van der Waals surface area (Å²) in [6.45, 7) is 9.62. The molecule has 1 rings (SSSR count). The summed E-state index contributed by atoms with van der Waals surface area (Å²) >= 11 is 0. The summed E-state index contributed by atoms with van der Waals surface area (Å²) in [6.07, 6.45) is 0.158. The maximum atomic E-state index is 11.7. The highest BCUT2D eigenvalue weighted by Crippen LogP contribution is 2.12. The number of alkyl carbamates (subject to hydrolysis) is 1. The number of carbonyl (C=O) groups excluding carboxylic acids is 3. The van der Waals surface area contributed by atoms with Crippen LogP contribution >= 0.6 is 0 Å². The van der Waals surface area contributed by atoms with Crippen molar-refractivity contribution in [2.24, 2.45) is 0 Å². The summed E-state index contributed by atoms with van der Waals surface area (Å²) in [5, 5.41) is 8.26. The lowest BCUT2D eigenvalue weighted by Crippen LogP contribution is -2.33. The molecule has 0 aliphatic rings. The molecular weight excluding hydrogens is 334 g/mol. The molecule has 0 aliphatic heterocycles. The molecular formula is C19H29N3O4. The molecule has 26 heavy (non-hydrogen) atoms. The van der Waals surface area contributed by atoms with Crippen molar-refractivity contribution in [1.82, 2.24) is 16.0 Å². The minimum absolute atomic E-state index is 0.106. The van der Waals surface area contributed by atoms with E-state index in [1.807, 2.05) is 39.0 Å². The molecule has 1 aromatic carbocycles. The summed E-state index contributed by atoms with van der Waals surface area (Å²) < 4.78 is 5.21. The van der Waals surface area contributed by atoms with E-state index in [0.717, 1.165) is 16.7 Å². The molecule has 0 saturated carbocycles. The van der Waals surface area contributed by atoms with Gasteiger partial charge in [0.2, 0.25) is 11.8 Å². The van der Waals surface area contributed by atoms with Crippen LogP contribution in [-0.2, 0) is 33.8 Å². The van der Waals surface area contributed by atoms with Crippen LogP contribution in [0.25, 0.3) is 0 Å². The predicted octanol–water partition coefficient (Wildman–Crippen LogP) is 2.03. The smallest absolute Gasteiger partial charge is 0.407 e. The molecule has 3 N–H and O–H groups in total. The lowest BCUT2D eigenvalue weighted by molar-refractivity contribution is -0.119. The molecule has 3 amide bonds. The zero-order chi connectivity index (χ0) is 19.7. The number of rotatable bonds is 7. The van der Waals surface area contributed by atoms with Gasteiger partial charge in [-0.25, -0.2) is 4.79 Å². The predicted molar refractivity (Wildman–Crippen MR) is 99.4 cm³/mol. The van der Waals surface area contributed by atoms with Gasteiger partial charge in [0.05, 0.1) is 0 Å². The second-order valence-electron chi connectivity index (χ2n) is 7.16. The van der Waals surface area contributed by atoms with Crippen LogP contribution in [0, 0.1) is 0 Å². The Hall–Kier alpha value is -2.57. The SMILES string of the molecule is CC(=O)NCc1cc(CCNC(=O)OC(C)(C)C)cc(CNC(C)=O)c1. The van der Waals surface area contributed by atoms with Gasteiger partial charge >= 0.3 is 6.09 Å². The number of ether oxygens (including phenoxy) is 1. The maximum absolute atomic E-state index is 11.7. The van der Waals surface area contributed by atoms with Crippen LogP contribution < -0.4 is 16.0 Å². The Morgan fingerprint density at radius 3 is 1.73 bits per heavy atom. The molecule has 1 aromatic rings. The van der Waals surface area contributed by atoms with Gasteiger partial charge < -0.3 is 20.7 Å². The van der Waals surface area contributed by atoms with Crippen LogP contribution in [0.4, 0.5) is 4.79 Å². The molecule has 0 heterocycles. The Kier molecular flexibility index (Phi) is 8.09. The molecule has 7 nitrogen and oxygen atoms in total. The van der Waals surface area contributed by atoms with Gasteiger partial charge in [-0.15, -0.1) is 0 Å². The van der Waals surface area contributed by atoms with E-state index in [-0.39, 0.29) is 11.8 Å². The van der Waals surface area contributed by atoms with Gasteiger partial charge in [0.1, 0.15) is 5.60 Å². The molecule has 0 bridgehead atoms. The minimum Gasteiger partial charge on any atom is -0.444 e. The molecule has 0 aliphatic carbocycles. The van der Waals surface area contributed by atoms with Gasteiger partial charge in [0.15, 0.2) is 0 Å². The molecule has 0 saturated heterocycles. The highest BCUT2D eigenvalue weighted by molar-refractivity contribution is 5.73. The van der Waals surface area contributed by atoms with E-state index >= 15 is 0 Å². The van der Waals surface area contributed by atoms with Crippen LogP contribution in [-0.4, -0.2) is 30.1 Å². The summed E-state index contributed by atoms with van der Waals surface area (Å²) in [4.78, 5) is 34.0. The average Bonchev–Trinajstić information content (AvgIpc) is 2.49. The number of nitrogens with one attached hydrogen (secondary N) is 3. The van der Waals surface area contributed by atoms with E-state index in [2.05, 4.69) is 16.0 Å². The van der Waals surface area contributed by atoms with Crippen molar-refractivity contribution in [3.63, 3.8) is 0 Å². The lowest BCUT2D eigenvalue weighted by Gasteiger charge is -2.19. The van der Waals surface area contributed by atoms with Gasteiger partial charge in [0.25, 0.3) is 0 Å². The maximum Gasteiger partial charge on any atom is 0.407 e. The fourth-order valence-electron chi connectivity index (χ4n) is 2.26. The highest BCUT2D eigenvalue weighted by Gasteiger charge is 2.15. The van der Waals surface area contributed by atoms with Crippen LogP contribution in [0.5, 0.6) is 0 Å². The van der Waals surface area contributed by atoms with Crippen molar-refractivity contribution in [2.45, 2.75) is 59.7 Å². The lowest BCUT2D eigenvalue weighted by atomic mass is 10.0. The zero-order valence-corrected chi connectivity index (χ0v) is 16.2. The summed E-state index contributed by atoms with van der Waals surface area (Å²) in [5.41, 5.74) is 2.35. The largest absolute Gasteiger partial charge is 0.444 e. The zero-order valence-electron chi connectivity index (χ0n) is 16.2. The van der Waals surface area contributed by atoms with Gasteiger partial charge in [-0.1, -0.05) is 18.2 Å². The van der Waals surface area contributed by atoms with E-state index in [1.165, 1.54) is 13.8 Å². The third-order valence-corrected chi connectivity index (χ3v) is 3.28. The normalized spacial score (nSPS) is 10.8. The molecule has 0 fully saturated rings. The fraction of sp³-hybridized carbons (Fsp3) is 0.526. The van der Waals surface area contributed by atoms with Crippen molar-refractivity contribution >= 4 is 17.9 Å². The van der Waals surface area contributed by atoms with Crippen LogP contribution in [0.3, 0.4) is 0 Å². The Bertz CT molecular complexity index is 614. The average molecular weight is 363 g/mol. The van der Waals surface area contributed by atoms with Crippen molar-refractivity contribution in [3.8, 4) is 0 Å². The highest BCUT2D eigenvalue weighted by atomic mass is 16.6. The summed E-state index contributed by atoms with van der Waals surface area (Å²) in [5.74, 6) is -0.212. The Balaban J connectivity index is 2.72. The van der Waals surface area contributed by atoms with E-state index in [9.17, 15) is 14.4 Å². The van der Waals surface area contributed by atoms with Gasteiger partial charge in [-0.3, -0.25) is 9.59 Å². The summed E-state index contributed by atoms with van der Waals surface area (Å²) in [7, 11) is 0.